The van der Waals surface area contributed by atoms with Crippen molar-refractivity contribution in [2.45, 2.75) is 90.1 Å². The van der Waals surface area contributed by atoms with Crippen molar-refractivity contribution in [3.05, 3.63) is 52.6 Å². The number of ether oxygens (including phenoxy) is 1. The minimum atomic E-state index is -3.60. The normalized spacial score (nSPS) is 29.8. The van der Waals surface area contributed by atoms with E-state index in [4.69, 9.17) is 16.3 Å². The van der Waals surface area contributed by atoms with Gasteiger partial charge in [-0.1, -0.05) is 31.4 Å². The van der Waals surface area contributed by atoms with Crippen molar-refractivity contribution in [1.82, 2.24) is 0 Å². The molecule has 0 unspecified atom stereocenters. The zero-order valence-corrected chi connectivity index (χ0v) is 23.6. The lowest BCUT2D eigenvalue weighted by atomic mass is 9.65. The van der Waals surface area contributed by atoms with Gasteiger partial charge in [0.2, 0.25) is 0 Å². The molecule has 1 nitrogen and oxygen atoms in total. The van der Waals surface area contributed by atoms with E-state index in [1.54, 1.807) is 0 Å². The van der Waals surface area contributed by atoms with E-state index in [2.05, 4.69) is 6.92 Å². The number of halogens is 7. The van der Waals surface area contributed by atoms with Gasteiger partial charge in [0.05, 0.1) is 11.5 Å². The Bertz CT molecular complexity index is 1130. The Labute approximate surface area is 237 Å². The topological polar surface area (TPSA) is 9.23 Å². The number of hydrogen-bond donors (Lipinski definition) is 0. The van der Waals surface area contributed by atoms with Crippen LogP contribution in [0, 0.1) is 58.8 Å². The Kier molecular flexibility index (Phi) is 8.99. The molecule has 2 aromatic rings. The summed E-state index contributed by atoms with van der Waals surface area (Å²) in [5.74, 6) is -3.07. The zero-order chi connectivity index (χ0) is 28.6. The highest BCUT2D eigenvalue weighted by atomic mass is 35.5. The molecule has 0 heterocycles. The Balaban J connectivity index is 1.16. The van der Waals surface area contributed by atoms with Gasteiger partial charge in [0.1, 0.15) is 34.0 Å². The molecular weight excluding hydrogens is 550 g/mol. The number of benzene rings is 2. The molecule has 220 valence electrons. The molecule has 5 rings (SSSR count). The number of rotatable bonds is 6. The SMILES string of the molecule is CC1CCC(C2CCC(C3CCC(C(F)(F)Oc4cc(F)c(-c5cc(F)c(Cl)c(F)c5)c(F)c4)CC3)CC2)CC1. The van der Waals surface area contributed by atoms with Gasteiger partial charge in [-0.05, 0) is 111 Å². The lowest BCUT2D eigenvalue weighted by Gasteiger charge is -2.41. The number of alkyl halides is 2. The van der Waals surface area contributed by atoms with Gasteiger partial charge in [-0.3, -0.25) is 0 Å². The third-order valence-corrected chi connectivity index (χ3v) is 10.4. The molecule has 3 aliphatic carbocycles. The van der Waals surface area contributed by atoms with Crippen molar-refractivity contribution in [3.8, 4) is 16.9 Å². The van der Waals surface area contributed by atoms with Crippen LogP contribution >= 0.6 is 11.6 Å². The van der Waals surface area contributed by atoms with E-state index < -0.39 is 57.2 Å². The van der Waals surface area contributed by atoms with Gasteiger partial charge in [0.25, 0.3) is 0 Å². The molecule has 0 N–H and O–H groups in total. The van der Waals surface area contributed by atoms with Crippen molar-refractivity contribution in [3.63, 3.8) is 0 Å². The molecule has 0 aliphatic heterocycles. The van der Waals surface area contributed by atoms with Crippen LogP contribution < -0.4 is 4.74 Å². The fourth-order valence-electron chi connectivity index (χ4n) is 7.60. The average molecular weight is 587 g/mol. The van der Waals surface area contributed by atoms with E-state index in [0.29, 0.717) is 61.8 Å². The first-order valence-corrected chi connectivity index (χ1v) is 15.1. The smallest absolute Gasteiger partial charge is 0.400 e. The molecule has 0 bridgehead atoms. The van der Waals surface area contributed by atoms with Crippen molar-refractivity contribution < 1.29 is 31.1 Å². The molecule has 0 radical (unpaired) electrons. The van der Waals surface area contributed by atoms with Crippen molar-refractivity contribution in [1.29, 1.82) is 0 Å². The minimum absolute atomic E-state index is 0.296. The Morgan fingerprint density at radius 2 is 1.02 bits per heavy atom. The maximum absolute atomic E-state index is 15.1. The summed E-state index contributed by atoms with van der Waals surface area (Å²) >= 11 is 5.44. The van der Waals surface area contributed by atoms with Gasteiger partial charge in [-0.25, -0.2) is 17.6 Å². The van der Waals surface area contributed by atoms with E-state index in [-0.39, 0.29) is 0 Å². The lowest BCUT2D eigenvalue weighted by Crippen LogP contribution is -2.38. The Morgan fingerprint density at radius 1 is 0.625 bits per heavy atom. The Morgan fingerprint density at radius 3 is 1.48 bits per heavy atom. The predicted octanol–water partition coefficient (Wildman–Crippen LogP) is 11.0. The summed E-state index contributed by atoms with van der Waals surface area (Å²) in [4.78, 5) is 0. The first-order valence-electron chi connectivity index (χ1n) is 14.7. The monoisotopic (exact) mass is 586 g/mol. The van der Waals surface area contributed by atoms with Gasteiger partial charge in [0, 0.05) is 12.1 Å². The highest BCUT2D eigenvalue weighted by molar-refractivity contribution is 6.31. The number of hydrogen-bond acceptors (Lipinski definition) is 1. The zero-order valence-electron chi connectivity index (χ0n) is 22.8. The van der Waals surface area contributed by atoms with Gasteiger partial charge in [-0.15, -0.1) is 0 Å². The average Bonchev–Trinajstić information content (AvgIpc) is 2.92. The summed E-state index contributed by atoms with van der Waals surface area (Å²) in [5, 5.41) is -0.805. The van der Waals surface area contributed by atoms with E-state index >= 15 is 8.78 Å². The molecule has 3 aliphatic rings. The summed E-state index contributed by atoms with van der Waals surface area (Å²) in [5.41, 5.74) is -1.19. The molecule has 3 fully saturated rings. The molecule has 2 aromatic carbocycles. The van der Waals surface area contributed by atoms with Gasteiger partial charge in [0.15, 0.2) is 0 Å². The molecule has 0 spiro atoms. The fourth-order valence-corrected chi connectivity index (χ4v) is 7.71. The standard InChI is InChI=1S/C32H37ClF6O/c1-18-2-4-19(5-3-18)20-6-8-21(9-7-20)22-10-12-24(13-11-22)32(38,39)40-25-16-26(34)30(27(35)17-25)23-14-28(36)31(33)29(37)15-23/h14-22,24H,2-13H2,1H3. The summed E-state index contributed by atoms with van der Waals surface area (Å²) in [6.45, 7) is 2.35. The molecular formula is C32H37ClF6O. The van der Waals surface area contributed by atoms with Gasteiger partial charge in [-0.2, -0.15) is 8.78 Å². The molecule has 40 heavy (non-hydrogen) atoms. The summed E-state index contributed by atoms with van der Waals surface area (Å²) in [7, 11) is 0. The van der Waals surface area contributed by atoms with Crippen LogP contribution in [0.15, 0.2) is 24.3 Å². The van der Waals surface area contributed by atoms with Crippen molar-refractivity contribution in [2.75, 3.05) is 0 Å². The molecule has 3 saturated carbocycles. The third kappa shape index (κ3) is 6.44. The molecule has 8 heteroatoms. The lowest BCUT2D eigenvalue weighted by molar-refractivity contribution is -0.224. The van der Waals surface area contributed by atoms with Crippen LogP contribution in [0.5, 0.6) is 5.75 Å². The van der Waals surface area contributed by atoms with Crippen LogP contribution in [0.3, 0.4) is 0 Å². The van der Waals surface area contributed by atoms with Crippen molar-refractivity contribution in [2.24, 2.45) is 35.5 Å². The van der Waals surface area contributed by atoms with Crippen LogP contribution in [0.25, 0.3) is 11.1 Å². The third-order valence-electron chi connectivity index (χ3n) is 10.00. The molecule has 0 atom stereocenters. The van der Waals surface area contributed by atoms with Gasteiger partial charge >= 0.3 is 6.11 Å². The largest absolute Gasteiger partial charge is 0.432 e. The van der Waals surface area contributed by atoms with Crippen LogP contribution in [-0.2, 0) is 0 Å². The van der Waals surface area contributed by atoms with E-state index in [1.807, 2.05) is 0 Å². The van der Waals surface area contributed by atoms with Gasteiger partial charge < -0.3 is 4.74 Å². The van der Waals surface area contributed by atoms with Crippen LogP contribution in [0.4, 0.5) is 26.3 Å². The minimum Gasteiger partial charge on any atom is -0.432 e. The maximum Gasteiger partial charge on any atom is 0.400 e. The maximum atomic E-state index is 15.1. The van der Waals surface area contributed by atoms with Crippen LogP contribution in [0.2, 0.25) is 5.02 Å². The highest BCUT2D eigenvalue weighted by Gasteiger charge is 2.45. The molecule has 0 aromatic heterocycles. The van der Waals surface area contributed by atoms with Crippen molar-refractivity contribution >= 4 is 11.6 Å². The van der Waals surface area contributed by atoms with Crippen LogP contribution in [-0.4, -0.2) is 6.11 Å². The second-order valence-corrected chi connectivity index (χ2v) is 12.9. The summed E-state index contributed by atoms with van der Waals surface area (Å²) < 4.78 is 92.2. The van der Waals surface area contributed by atoms with E-state index in [1.165, 1.54) is 51.4 Å². The molecule has 0 saturated heterocycles. The van der Waals surface area contributed by atoms with E-state index in [0.717, 1.165) is 17.8 Å². The first kappa shape index (κ1) is 29.6. The van der Waals surface area contributed by atoms with Crippen LogP contribution in [0.1, 0.15) is 84.0 Å². The fraction of sp³-hybridized carbons (Fsp3) is 0.625. The Hall–Kier alpha value is -1.89. The summed E-state index contributed by atoms with van der Waals surface area (Å²) in [6.07, 6.45) is 8.68. The quantitative estimate of drug-likeness (QED) is 0.242. The van der Waals surface area contributed by atoms with E-state index in [9.17, 15) is 17.6 Å². The molecule has 0 amide bonds. The predicted molar refractivity (Wildman–Crippen MR) is 144 cm³/mol. The summed E-state index contributed by atoms with van der Waals surface area (Å²) in [6, 6.07) is 2.61. The highest BCUT2D eigenvalue weighted by Crippen LogP contribution is 2.48. The second-order valence-electron chi connectivity index (χ2n) is 12.5. The first-order chi connectivity index (χ1) is 19.0. The second kappa shape index (κ2) is 12.1.